The lowest BCUT2D eigenvalue weighted by Gasteiger charge is -2.12. The van der Waals surface area contributed by atoms with Crippen LogP contribution in [-0.4, -0.2) is 57.6 Å². The summed E-state index contributed by atoms with van der Waals surface area (Å²) in [6.07, 6.45) is 0. The van der Waals surface area contributed by atoms with Crippen molar-refractivity contribution < 1.29 is 39.0 Å². The van der Waals surface area contributed by atoms with E-state index in [1.54, 1.807) is 0 Å². The highest BCUT2D eigenvalue weighted by atomic mass is 16.4. The number of hydrogen-bond acceptors (Lipinski definition) is 10. The minimum atomic E-state index is -1.47. The number of nitrogens with zero attached hydrogens (tertiary/aromatic N) is 4. The van der Waals surface area contributed by atoms with Gasteiger partial charge in [0.25, 0.3) is 11.8 Å². The van der Waals surface area contributed by atoms with Crippen molar-refractivity contribution >= 4 is 58.1 Å². The topological polar surface area (TPSA) is 216 Å². The Morgan fingerprint density at radius 1 is 0.548 bits per heavy atom. The van der Waals surface area contributed by atoms with Crippen LogP contribution in [-0.2, 0) is 19.2 Å². The second-order valence-electron chi connectivity index (χ2n) is 8.72. The number of nitrogens with one attached hydrogen (secondary N) is 2. The number of carbonyl (C=O) groups is 6. The van der Waals surface area contributed by atoms with Gasteiger partial charge in [-0.3, -0.25) is 19.2 Å². The summed E-state index contributed by atoms with van der Waals surface area (Å²) < 4.78 is 0. The molecule has 0 fully saturated rings. The molecule has 3 aromatic carbocycles. The highest BCUT2D eigenvalue weighted by molar-refractivity contribution is 6.11. The number of hydrogen-bond donors (Lipinski definition) is 4. The summed E-state index contributed by atoms with van der Waals surface area (Å²) in [5.41, 5.74) is 1.13. The Morgan fingerprint density at radius 2 is 0.857 bits per heavy atom. The van der Waals surface area contributed by atoms with Gasteiger partial charge in [0.1, 0.15) is 0 Å². The molecule has 14 heteroatoms. The number of carbonyl (C=O) groups excluding carboxylic acids is 4. The molecule has 214 valence electrons. The molecule has 0 aromatic heterocycles. The summed E-state index contributed by atoms with van der Waals surface area (Å²) in [5.74, 6) is -4.92. The van der Waals surface area contributed by atoms with Crippen LogP contribution >= 0.6 is 0 Å². The van der Waals surface area contributed by atoms with Crippen LogP contribution < -0.4 is 10.6 Å². The molecule has 0 heterocycles. The Bertz CT molecular complexity index is 1450. The molecule has 3 aromatic rings. The number of aromatic carboxylic acids is 2. The van der Waals surface area contributed by atoms with Crippen LogP contribution in [0.3, 0.4) is 0 Å². The van der Waals surface area contributed by atoms with Gasteiger partial charge in [0.05, 0.1) is 22.5 Å². The third kappa shape index (κ3) is 8.54. The third-order valence-electron chi connectivity index (χ3n) is 5.49. The molecule has 2 amide bonds. The molecule has 2 unspecified atom stereocenters. The normalized spacial score (nSPS) is 12.4. The first kappa shape index (κ1) is 30.6. The smallest absolute Gasteiger partial charge is 0.335 e. The Labute approximate surface area is 238 Å². The van der Waals surface area contributed by atoms with Crippen molar-refractivity contribution in [3.05, 3.63) is 83.9 Å². The summed E-state index contributed by atoms with van der Waals surface area (Å²) in [6.45, 7) is 2.34. The van der Waals surface area contributed by atoms with Gasteiger partial charge in [-0.2, -0.15) is 20.5 Å². The van der Waals surface area contributed by atoms with E-state index in [9.17, 15) is 28.8 Å². The maximum absolute atomic E-state index is 12.7. The first-order chi connectivity index (χ1) is 19.9. The zero-order chi connectivity index (χ0) is 30.8. The fourth-order valence-electron chi connectivity index (χ4n) is 3.28. The highest BCUT2D eigenvalue weighted by Gasteiger charge is 2.25. The van der Waals surface area contributed by atoms with Gasteiger partial charge in [0.2, 0.25) is 12.1 Å². The highest BCUT2D eigenvalue weighted by Crippen LogP contribution is 2.19. The molecule has 4 N–H and O–H groups in total. The second-order valence-corrected chi connectivity index (χ2v) is 8.72. The van der Waals surface area contributed by atoms with Crippen LogP contribution in [0.4, 0.5) is 22.7 Å². The van der Waals surface area contributed by atoms with Crippen LogP contribution in [0.1, 0.15) is 34.6 Å². The molecule has 3 rings (SSSR count). The zero-order valence-electron chi connectivity index (χ0n) is 22.2. The Kier molecular flexibility index (Phi) is 10.2. The van der Waals surface area contributed by atoms with Crippen LogP contribution in [0, 0.1) is 0 Å². The maximum atomic E-state index is 12.7. The summed E-state index contributed by atoms with van der Waals surface area (Å²) in [7, 11) is 0. The number of rotatable bonds is 12. The van der Waals surface area contributed by atoms with Crippen molar-refractivity contribution in [2.75, 3.05) is 10.6 Å². The number of azo groups is 2. The van der Waals surface area contributed by atoms with Gasteiger partial charge >= 0.3 is 11.9 Å². The zero-order valence-corrected chi connectivity index (χ0v) is 22.2. The van der Waals surface area contributed by atoms with Gasteiger partial charge in [0, 0.05) is 11.4 Å². The molecule has 0 aliphatic rings. The van der Waals surface area contributed by atoms with Crippen molar-refractivity contribution in [1.29, 1.82) is 0 Å². The van der Waals surface area contributed by atoms with E-state index in [0.717, 1.165) is 0 Å². The Balaban J connectivity index is 1.63. The summed E-state index contributed by atoms with van der Waals surface area (Å²) >= 11 is 0. The third-order valence-corrected chi connectivity index (χ3v) is 5.49. The minimum Gasteiger partial charge on any atom is -0.478 e. The van der Waals surface area contributed by atoms with Gasteiger partial charge in [-0.15, -0.1) is 0 Å². The average Bonchev–Trinajstić information content (AvgIpc) is 2.94. The monoisotopic (exact) mass is 572 g/mol. The molecule has 0 saturated carbocycles. The van der Waals surface area contributed by atoms with Crippen LogP contribution in [0.2, 0.25) is 0 Å². The average molecular weight is 573 g/mol. The molecule has 0 aliphatic heterocycles. The molecular weight excluding hydrogens is 548 g/mol. The number of anilines is 2. The fraction of sp³-hybridized carbons (Fsp3) is 0.143. The van der Waals surface area contributed by atoms with Crippen molar-refractivity contribution in [2.45, 2.75) is 25.9 Å². The summed E-state index contributed by atoms with van der Waals surface area (Å²) in [5, 5.41) is 38.2. The van der Waals surface area contributed by atoms with Gasteiger partial charge < -0.3 is 20.8 Å². The van der Waals surface area contributed by atoms with Crippen molar-refractivity contribution in [1.82, 2.24) is 0 Å². The van der Waals surface area contributed by atoms with E-state index < -0.39 is 47.4 Å². The van der Waals surface area contributed by atoms with E-state index in [0.29, 0.717) is 0 Å². The van der Waals surface area contributed by atoms with E-state index in [4.69, 9.17) is 10.2 Å². The van der Waals surface area contributed by atoms with E-state index in [2.05, 4.69) is 31.1 Å². The molecule has 2 atom stereocenters. The number of ketones is 2. The van der Waals surface area contributed by atoms with Crippen molar-refractivity contribution in [3.63, 3.8) is 0 Å². The van der Waals surface area contributed by atoms with Gasteiger partial charge in [-0.05, 0) is 86.6 Å². The predicted molar refractivity (Wildman–Crippen MR) is 148 cm³/mol. The molecule has 0 radical (unpaired) electrons. The fourth-order valence-corrected chi connectivity index (χ4v) is 3.28. The number of amides is 2. The first-order valence-electron chi connectivity index (χ1n) is 12.2. The summed E-state index contributed by atoms with van der Waals surface area (Å²) in [6, 6.07) is 13.6. The van der Waals surface area contributed by atoms with Crippen LogP contribution in [0.25, 0.3) is 0 Å². The Morgan fingerprint density at radius 3 is 1.12 bits per heavy atom. The van der Waals surface area contributed by atoms with Gasteiger partial charge in [-0.25, -0.2) is 9.59 Å². The lowest BCUT2D eigenvalue weighted by atomic mass is 10.2. The molecule has 0 bridgehead atoms. The largest absolute Gasteiger partial charge is 0.478 e. The minimum absolute atomic E-state index is 0.0421. The quantitative estimate of drug-likeness (QED) is 0.179. The van der Waals surface area contributed by atoms with Gasteiger partial charge in [0.15, 0.2) is 11.6 Å². The van der Waals surface area contributed by atoms with Crippen LogP contribution in [0.5, 0.6) is 0 Å². The first-order valence-corrected chi connectivity index (χ1v) is 12.2. The second kappa shape index (κ2) is 13.9. The predicted octanol–water partition coefficient (Wildman–Crippen LogP) is 4.44. The van der Waals surface area contributed by atoms with E-state index in [1.165, 1.54) is 86.6 Å². The maximum Gasteiger partial charge on any atom is 0.335 e. The molecule has 0 spiro atoms. The number of carboxylic acid groups (broad SMARTS) is 2. The standard InChI is InChI=1S/C28H24N6O8/c1-15(35)23(33-31-21-7-3-17(4-8-21)27(39)40)25(37)29-19-11-13-20(14-12-19)30-26(38)24(16(2)36)34-32-22-9-5-18(6-10-22)28(41)42/h3-14,23-24H,1-2H3,(H,29,37)(H,30,38)(H,39,40)(H,41,42). The number of Topliss-reactive ketones (excluding diaryl/α,β-unsaturated/α-hetero) is 2. The lowest BCUT2D eigenvalue weighted by Crippen LogP contribution is -2.32. The summed E-state index contributed by atoms with van der Waals surface area (Å²) in [4.78, 5) is 71.3. The Hall–Kier alpha value is -5.92. The number of benzene rings is 3. The van der Waals surface area contributed by atoms with Gasteiger partial charge in [-0.1, -0.05) is 0 Å². The van der Waals surface area contributed by atoms with E-state index in [1.807, 2.05) is 0 Å². The van der Waals surface area contributed by atoms with E-state index in [-0.39, 0.29) is 33.9 Å². The van der Waals surface area contributed by atoms with Crippen molar-refractivity contribution in [3.8, 4) is 0 Å². The molecule has 14 nitrogen and oxygen atoms in total. The lowest BCUT2D eigenvalue weighted by molar-refractivity contribution is -0.127. The SMILES string of the molecule is CC(=O)C(N=Nc1ccc(C(=O)O)cc1)C(=O)Nc1ccc(NC(=O)C(N=Nc2ccc(C(=O)O)cc2)C(C)=O)cc1. The number of carboxylic acids is 2. The van der Waals surface area contributed by atoms with E-state index >= 15 is 0 Å². The molecule has 42 heavy (non-hydrogen) atoms. The molecular formula is C28H24N6O8. The van der Waals surface area contributed by atoms with Crippen LogP contribution in [0.15, 0.2) is 93.3 Å². The molecule has 0 aliphatic carbocycles. The molecule has 0 saturated heterocycles. The van der Waals surface area contributed by atoms with Crippen molar-refractivity contribution in [2.24, 2.45) is 20.5 Å².